The Morgan fingerprint density at radius 1 is 1.29 bits per heavy atom. The van der Waals surface area contributed by atoms with Gasteiger partial charge in [0, 0.05) is 12.1 Å². The SMILES string of the molecule is CCOc1ccccc1C1C(C(=O)c2sc(C)nc2C)=C(O)C(=O)N1CCCN(C)C. The van der Waals surface area contributed by atoms with Crippen molar-refractivity contribution >= 4 is 23.0 Å². The molecule has 3 rings (SSSR count). The first-order valence-corrected chi connectivity index (χ1v) is 11.2. The first kappa shape index (κ1) is 23.0. The number of amides is 1. The van der Waals surface area contributed by atoms with Crippen LogP contribution in [0.3, 0.4) is 0 Å². The number of para-hydroxylation sites is 1. The molecule has 1 unspecified atom stereocenters. The van der Waals surface area contributed by atoms with Gasteiger partial charge in [-0.05, 0) is 53.9 Å². The van der Waals surface area contributed by atoms with Gasteiger partial charge in [0.05, 0.1) is 33.8 Å². The highest BCUT2D eigenvalue weighted by Crippen LogP contribution is 2.43. The van der Waals surface area contributed by atoms with E-state index < -0.39 is 17.7 Å². The fraction of sp³-hybridized carbons (Fsp3) is 0.435. The quantitative estimate of drug-likeness (QED) is 0.595. The molecular formula is C23H29N3O4S. The lowest BCUT2D eigenvalue weighted by Crippen LogP contribution is -2.33. The first-order valence-electron chi connectivity index (χ1n) is 10.4. The molecule has 31 heavy (non-hydrogen) atoms. The van der Waals surface area contributed by atoms with E-state index in [0.29, 0.717) is 41.5 Å². The molecule has 1 aromatic carbocycles. The summed E-state index contributed by atoms with van der Waals surface area (Å²) in [7, 11) is 3.93. The van der Waals surface area contributed by atoms with E-state index in [-0.39, 0.29) is 11.4 Å². The summed E-state index contributed by atoms with van der Waals surface area (Å²) >= 11 is 1.27. The molecule has 1 aromatic heterocycles. The normalized spacial score (nSPS) is 16.5. The average molecular weight is 444 g/mol. The number of Topliss-reactive ketones (excluding diaryl/α,β-unsaturated/α-hetero) is 1. The molecule has 2 heterocycles. The minimum atomic E-state index is -0.716. The van der Waals surface area contributed by atoms with Gasteiger partial charge in [-0.15, -0.1) is 11.3 Å². The fourth-order valence-corrected chi connectivity index (χ4v) is 4.73. The molecule has 2 aromatic rings. The Labute approximate surface area is 187 Å². The second kappa shape index (κ2) is 9.62. The molecule has 1 amide bonds. The lowest BCUT2D eigenvalue weighted by Gasteiger charge is -2.28. The number of ketones is 1. The molecule has 8 heteroatoms. The molecule has 7 nitrogen and oxygen atoms in total. The summed E-state index contributed by atoms with van der Waals surface area (Å²) in [5.74, 6) is -0.785. The third-order valence-electron chi connectivity index (χ3n) is 5.18. The number of aromatic nitrogens is 1. The Hall–Kier alpha value is -2.71. The van der Waals surface area contributed by atoms with Gasteiger partial charge in [0.15, 0.2) is 5.76 Å². The average Bonchev–Trinajstić information content (AvgIpc) is 3.18. The molecule has 0 radical (unpaired) electrons. The number of ether oxygens (including phenoxy) is 1. The first-order chi connectivity index (χ1) is 14.8. The molecule has 0 bridgehead atoms. The van der Waals surface area contributed by atoms with Gasteiger partial charge in [-0.3, -0.25) is 9.59 Å². The molecule has 0 saturated carbocycles. The number of carbonyl (C=O) groups excluding carboxylic acids is 2. The number of hydrogen-bond donors (Lipinski definition) is 1. The van der Waals surface area contributed by atoms with Gasteiger partial charge in [0.1, 0.15) is 5.75 Å². The number of rotatable bonds is 9. The van der Waals surface area contributed by atoms with Crippen molar-refractivity contribution < 1.29 is 19.4 Å². The topological polar surface area (TPSA) is 83.0 Å². The van der Waals surface area contributed by atoms with E-state index in [0.717, 1.165) is 11.6 Å². The van der Waals surface area contributed by atoms with Crippen molar-refractivity contribution in [3.8, 4) is 5.75 Å². The predicted octanol–water partition coefficient (Wildman–Crippen LogP) is 3.69. The summed E-state index contributed by atoms with van der Waals surface area (Å²) in [6, 6.07) is 6.65. The lowest BCUT2D eigenvalue weighted by atomic mass is 9.94. The Morgan fingerprint density at radius 2 is 2.00 bits per heavy atom. The summed E-state index contributed by atoms with van der Waals surface area (Å²) in [4.78, 5) is 35.0. The summed E-state index contributed by atoms with van der Waals surface area (Å²) in [6.45, 7) is 7.12. The van der Waals surface area contributed by atoms with Crippen LogP contribution in [0.2, 0.25) is 0 Å². The number of nitrogens with zero attached hydrogens (tertiary/aromatic N) is 3. The summed E-state index contributed by atoms with van der Waals surface area (Å²) in [5.41, 5.74) is 1.38. The van der Waals surface area contributed by atoms with Crippen LogP contribution in [-0.4, -0.2) is 65.4 Å². The maximum Gasteiger partial charge on any atom is 0.290 e. The summed E-state index contributed by atoms with van der Waals surface area (Å²) in [5, 5.41) is 11.6. The molecule has 166 valence electrons. The van der Waals surface area contributed by atoms with Gasteiger partial charge in [-0.2, -0.15) is 0 Å². The number of aliphatic hydroxyl groups is 1. The maximum absolute atomic E-state index is 13.5. The number of aliphatic hydroxyl groups excluding tert-OH is 1. The smallest absolute Gasteiger partial charge is 0.290 e. The number of thiazole rings is 1. The Balaban J connectivity index is 2.09. The second-order valence-electron chi connectivity index (χ2n) is 7.77. The number of aryl methyl sites for hydroxylation is 2. The van der Waals surface area contributed by atoms with Crippen molar-refractivity contribution in [3.63, 3.8) is 0 Å². The van der Waals surface area contributed by atoms with Crippen LogP contribution in [-0.2, 0) is 4.79 Å². The van der Waals surface area contributed by atoms with Crippen molar-refractivity contribution in [1.29, 1.82) is 0 Å². The lowest BCUT2D eigenvalue weighted by molar-refractivity contribution is -0.129. The molecule has 0 spiro atoms. The molecule has 1 aliphatic heterocycles. The highest BCUT2D eigenvalue weighted by Gasteiger charge is 2.45. The highest BCUT2D eigenvalue weighted by molar-refractivity contribution is 7.14. The monoisotopic (exact) mass is 443 g/mol. The van der Waals surface area contributed by atoms with Crippen LogP contribution < -0.4 is 4.74 Å². The van der Waals surface area contributed by atoms with Crippen molar-refractivity contribution in [3.05, 3.63) is 56.7 Å². The Kier molecular flexibility index (Phi) is 7.12. The van der Waals surface area contributed by atoms with Gasteiger partial charge >= 0.3 is 0 Å². The van der Waals surface area contributed by atoms with E-state index in [1.165, 1.54) is 11.3 Å². The van der Waals surface area contributed by atoms with Gasteiger partial charge in [-0.25, -0.2) is 4.98 Å². The van der Waals surface area contributed by atoms with E-state index in [1.807, 2.05) is 57.1 Å². The number of carbonyl (C=O) groups is 2. The zero-order valence-electron chi connectivity index (χ0n) is 18.6. The summed E-state index contributed by atoms with van der Waals surface area (Å²) in [6.07, 6.45) is 0.708. The van der Waals surface area contributed by atoms with Crippen molar-refractivity contribution in [1.82, 2.24) is 14.8 Å². The zero-order valence-corrected chi connectivity index (χ0v) is 19.5. The Bertz CT molecular complexity index is 1010. The molecule has 0 aliphatic carbocycles. The third-order valence-corrected chi connectivity index (χ3v) is 6.25. The standard InChI is InChI=1S/C23H29N3O4S/c1-6-30-17-11-8-7-10-16(17)19-18(20(27)22-14(2)24-15(3)31-22)21(28)23(29)26(19)13-9-12-25(4)5/h7-8,10-11,19,28H,6,9,12-13H2,1-5H3. The van der Waals surface area contributed by atoms with Gasteiger partial charge < -0.3 is 19.6 Å². The second-order valence-corrected chi connectivity index (χ2v) is 8.97. The number of hydrogen-bond acceptors (Lipinski definition) is 7. The van der Waals surface area contributed by atoms with Gasteiger partial charge in [0.25, 0.3) is 5.91 Å². The molecule has 1 atom stereocenters. The molecule has 1 N–H and O–H groups in total. The molecule has 0 fully saturated rings. The molecule has 0 saturated heterocycles. The summed E-state index contributed by atoms with van der Waals surface area (Å²) < 4.78 is 5.80. The zero-order chi connectivity index (χ0) is 22.7. The maximum atomic E-state index is 13.5. The van der Waals surface area contributed by atoms with Crippen molar-refractivity contribution in [2.24, 2.45) is 0 Å². The van der Waals surface area contributed by atoms with Crippen LogP contribution in [0.4, 0.5) is 0 Å². The van der Waals surface area contributed by atoms with Crippen LogP contribution >= 0.6 is 11.3 Å². The van der Waals surface area contributed by atoms with E-state index in [4.69, 9.17) is 4.74 Å². The number of benzene rings is 1. The van der Waals surface area contributed by atoms with Crippen LogP contribution in [0.1, 0.15) is 45.3 Å². The van der Waals surface area contributed by atoms with E-state index in [1.54, 1.807) is 11.8 Å². The Morgan fingerprint density at radius 3 is 2.61 bits per heavy atom. The van der Waals surface area contributed by atoms with Crippen LogP contribution in [0.15, 0.2) is 35.6 Å². The van der Waals surface area contributed by atoms with Gasteiger partial charge in [0.2, 0.25) is 5.78 Å². The largest absolute Gasteiger partial charge is 0.503 e. The van der Waals surface area contributed by atoms with Crippen LogP contribution in [0.5, 0.6) is 5.75 Å². The highest BCUT2D eigenvalue weighted by atomic mass is 32.1. The van der Waals surface area contributed by atoms with E-state index >= 15 is 0 Å². The van der Waals surface area contributed by atoms with Crippen LogP contribution in [0, 0.1) is 13.8 Å². The van der Waals surface area contributed by atoms with Gasteiger partial charge in [-0.1, -0.05) is 18.2 Å². The third kappa shape index (κ3) is 4.65. The predicted molar refractivity (Wildman–Crippen MR) is 121 cm³/mol. The molecular weight excluding hydrogens is 414 g/mol. The van der Waals surface area contributed by atoms with Crippen molar-refractivity contribution in [2.45, 2.75) is 33.2 Å². The van der Waals surface area contributed by atoms with E-state index in [2.05, 4.69) is 4.98 Å². The van der Waals surface area contributed by atoms with E-state index in [9.17, 15) is 14.7 Å². The molecule has 1 aliphatic rings. The minimum Gasteiger partial charge on any atom is -0.503 e. The van der Waals surface area contributed by atoms with Crippen LogP contribution in [0.25, 0.3) is 0 Å². The fourth-order valence-electron chi connectivity index (χ4n) is 3.85. The minimum absolute atomic E-state index is 0.0914. The van der Waals surface area contributed by atoms with Crippen molar-refractivity contribution in [2.75, 3.05) is 33.8 Å².